The van der Waals surface area contributed by atoms with Crippen molar-refractivity contribution >= 4 is 12.0 Å². The first kappa shape index (κ1) is 12.8. The third-order valence-electron chi connectivity index (χ3n) is 3.38. The van der Waals surface area contributed by atoms with Crippen LogP contribution in [0.1, 0.15) is 46.5 Å². The summed E-state index contributed by atoms with van der Waals surface area (Å²) >= 11 is 0. The zero-order valence-electron chi connectivity index (χ0n) is 10.1. The van der Waals surface area contributed by atoms with Gasteiger partial charge in [0, 0.05) is 5.54 Å². The van der Waals surface area contributed by atoms with Crippen LogP contribution in [0.4, 0.5) is 4.79 Å². The molecule has 3 N–H and O–H groups in total. The summed E-state index contributed by atoms with van der Waals surface area (Å²) in [6.45, 7) is 5.47. The van der Waals surface area contributed by atoms with Gasteiger partial charge in [-0.1, -0.05) is 13.8 Å². The molecule has 5 nitrogen and oxygen atoms in total. The predicted octanol–water partition coefficient (Wildman–Crippen LogP) is 1.48. The lowest BCUT2D eigenvalue weighted by Gasteiger charge is -2.28. The van der Waals surface area contributed by atoms with Gasteiger partial charge in [-0.05, 0) is 32.6 Å². The Balaban J connectivity index is 2.60. The molecular weight excluding hydrogens is 208 g/mol. The minimum atomic E-state index is -1.14. The van der Waals surface area contributed by atoms with E-state index in [1.807, 2.05) is 6.92 Å². The molecule has 2 amide bonds. The van der Waals surface area contributed by atoms with Crippen molar-refractivity contribution in [1.29, 1.82) is 0 Å². The minimum absolute atomic E-state index is 0.129. The third kappa shape index (κ3) is 2.65. The van der Waals surface area contributed by atoms with Gasteiger partial charge in [-0.2, -0.15) is 0 Å². The number of carbonyl (C=O) groups excluding carboxylic acids is 1. The topological polar surface area (TPSA) is 78.4 Å². The van der Waals surface area contributed by atoms with E-state index < -0.39 is 11.5 Å². The first-order chi connectivity index (χ1) is 7.37. The summed E-state index contributed by atoms with van der Waals surface area (Å²) in [5.41, 5.74) is -1.27. The number of amides is 2. The summed E-state index contributed by atoms with van der Waals surface area (Å²) in [4.78, 5) is 22.8. The molecule has 1 aliphatic rings. The average Bonchev–Trinajstić information content (AvgIpc) is 2.92. The Morgan fingerprint density at radius 3 is 2.12 bits per heavy atom. The highest BCUT2D eigenvalue weighted by molar-refractivity contribution is 5.86. The summed E-state index contributed by atoms with van der Waals surface area (Å²) in [5.74, 6) is -0.978. The second-order valence-corrected chi connectivity index (χ2v) is 4.73. The van der Waals surface area contributed by atoms with Crippen molar-refractivity contribution in [2.24, 2.45) is 0 Å². The average molecular weight is 228 g/mol. The second kappa shape index (κ2) is 4.31. The first-order valence-electron chi connectivity index (χ1n) is 5.71. The highest BCUT2D eigenvalue weighted by Crippen LogP contribution is 2.34. The van der Waals surface area contributed by atoms with E-state index in [1.165, 1.54) is 0 Å². The van der Waals surface area contributed by atoms with Crippen LogP contribution in [0.5, 0.6) is 0 Å². The molecule has 0 radical (unpaired) electrons. The lowest BCUT2D eigenvalue weighted by molar-refractivity contribution is -0.144. The van der Waals surface area contributed by atoms with Crippen LogP contribution in [-0.2, 0) is 4.79 Å². The molecule has 0 aromatic rings. The summed E-state index contributed by atoms with van der Waals surface area (Å²) < 4.78 is 0. The van der Waals surface area contributed by atoms with Gasteiger partial charge in [0.2, 0.25) is 0 Å². The Labute approximate surface area is 95.6 Å². The molecule has 0 aromatic heterocycles. The van der Waals surface area contributed by atoms with Gasteiger partial charge in [0.25, 0.3) is 0 Å². The molecule has 0 bridgehead atoms. The van der Waals surface area contributed by atoms with Crippen LogP contribution >= 0.6 is 0 Å². The van der Waals surface area contributed by atoms with E-state index in [4.69, 9.17) is 5.11 Å². The van der Waals surface area contributed by atoms with Crippen LogP contribution in [0, 0.1) is 0 Å². The lowest BCUT2D eigenvalue weighted by atomic mass is 9.93. The van der Waals surface area contributed by atoms with Crippen LogP contribution in [0.3, 0.4) is 0 Å². The van der Waals surface area contributed by atoms with Gasteiger partial charge < -0.3 is 15.7 Å². The monoisotopic (exact) mass is 228 g/mol. The van der Waals surface area contributed by atoms with Gasteiger partial charge in [0.15, 0.2) is 0 Å². The summed E-state index contributed by atoms with van der Waals surface area (Å²) in [6, 6.07) is -0.383. The van der Waals surface area contributed by atoms with Crippen molar-refractivity contribution in [1.82, 2.24) is 10.6 Å². The molecule has 5 heteroatoms. The van der Waals surface area contributed by atoms with Crippen LogP contribution in [-0.4, -0.2) is 28.2 Å². The fraction of sp³-hybridized carbons (Fsp3) is 0.818. The fourth-order valence-electron chi connectivity index (χ4n) is 1.62. The molecule has 0 atom stereocenters. The Hall–Kier alpha value is -1.26. The van der Waals surface area contributed by atoms with Gasteiger partial charge in [0.05, 0.1) is 0 Å². The van der Waals surface area contributed by atoms with E-state index in [9.17, 15) is 9.59 Å². The van der Waals surface area contributed by atoms with Gasteiger partial charge in [-0.15, -0.1) is 0 Å². The number of carbonyl (C=O) groups is 2. The number of rotatable bonds is 5. The van der Waals surface area contributed by atoms with Crippen LogP contribution in [0.15, 0.2) is 0 Å². The molecule has 0 aliphatic heterocycles. The maximum atomic E-state index is 11.7. The van der Waals surface area contributed by atoms with E-state index in [2.05, 4.69) is 10.6 Å². The molecule has 0 aromatic carbocycles. The molecule has 0 saturated heterocycles. The van der Waals surface area contributed by atoms with E-state index >= 15 is 0 Å². The first-order valence-corrected chi connectivity index (χ1v) is 5.71. The number of carboxylic acid groups (broad SMARTS) is 1. The minimum Gasteiger partial charge on any atom is -0.480 e. The number of hydrogen-bond donors (Lipinski definition) is 3. The quantitative estimate of drug-likeness (QED) is 0.667. The fourth-order valence-corrected chi connectivity index (χ4v) is 1.62. The van der Waals surface area contributed by atoms with Gasteiger partial charge in [-0.3, -0.25) is 0 Å². The number of urea groups is 1. The molecule has 92 valence electrons. The van der Waals surface area contributed by atoms with Gasteiger partial charge in [0.1, 0.15) is 5.54 Å². The zero-order valence-corrected chi connectivity index (χ0v) is 10.1. The maximum absolute atomic E-state index is 11.7. The van der Waals surface area contributed by atoms with Crippen molar-refractivity contribution in [2.45, 2.75) is 57.5 Å². The van der Waals surface area contributed by atoms with E-state index in [0.29, 0.717) is 12.8 Å². The molecular formula is C11H20N2O3. The Morgan fingerprint density at radius 1 is 1.31 bits per heavy atom. The standard InChI is InChI=1S/C11H20N2O3/c1-4-11(5-2,8(14)15)13-9(16)12-10(3)6-7-10/h4-7H2,1-3H3,(H,14,15)(H2,12,13,16). The predicted molar refractivity (Wildman–Crippen MR) is 60.3 cm³/mol. The van der Waals surface area contributed by atoms with Gasteiger partial charge in [-0.25, -0.2) is 9.59 Å². The van der Waals surface area contributed by atoms with Crippen molar-refractivity contribution in [3.63, 3.8) is 0 Å². The molecule has 1 fully saturated rings. The Bertz CT molecular complexity index is 294. The molecule has 0 spiro atoms. The van der Waals surface area contributed by atoms with Crippen LogP contribution in [0.2, 0.25) is 0 Å². The Morgan fingerprint density at radius 2 is 1.81 bits per heavy atom. The van der Waals surface area contributed by atoms with Crippen molar-refractivity contribution in [3.8, 4) is 0 Å². The number of carboxylic acids is 1. The third-order valence-corrected chi connectivity index (χ3v) is 3.38. The normalized spacial score (nSPS) is 17.7. The Kier molecular flexibility index (Phi) is 3.45. The smallest absolute Gasteiger partial charge is 0.329 e. The SMILES string of the molecule is CCC(CC)(NC(=O)NC1(C)CC1)C(=O)O. The van der Waals surface area contributed by atoms with Crippen LogP contribution in [0.25, 0.3) is 0 Å². The number of aliphatic carboxylic acids is 1. The molecule has 1 rings (SSSR count). The summed E-state index contributed by atoms with van der Waals surface area (Å²) in [6.07, 6.45) is 2.67. The van der Waals surface area contributed by atoms with Crippen molar-refractivity contribution in [3.05, 3.63) is 0 Å². The van der Waals surface area contributed by atoms with Crippen molar-refractivity contribution < 1.29 is 14.7 Å². The van der Waals surface area contributed by atoms with E-state index in [1.54, 1.807) is 13.8 Å². The maximum Gasteiger partial charge on any atom is 0.329 e. The summed E-state index contributed by atoms with van der Waals surface area (Å²) in [7, 11) is 0. The lowest BCUT2D eigenvalue weighted by Crippen LogP contribution is -2.57. The highest BCUT2D eigenvalue weighted by atomic mass is 16.4. The number of nitrogens with one attached hydrogen (secondary N) is 2. The van der Waals surface area contributed by atoms with E-state index in [-0.39, 0.29) is 11.6 Å². The largest absolute Gasteiger partial charge is 0.480 e. The molecule has 0 heterocycles. The van der Waals surface area contributed by atoms with E-state index in [0.717, 1.165) is 12.8 Å². The molecule has 1 saturated carbocycles. The summed E-state index contributed by atoms with van der Waals surface area (Å²) in [5, 5.41) is 14.5. The van der Waals surface area contributed by atoms with Crippen molar-refractivity contribution in [2.75, 3.05) is 0 Å². The molecule has 1 aliphatic carbocycles. The zero-order chi connectivity index (χ0) is 12.4. The van der Waals surface area contributed by atoms with Crippen LogP contribution < -0.4 is 10.6 Å². The number of hydrogen-bond acceptors (Lipinski definition) is 2. The molecule has 0 unspecified atom stereocenters. The molecule has 16 heavy (non-hydrogen) atoms. The van der Waals surface area contributed by atoms with Gasteiger partial charge >= 0.3 is 12.0 Å². The highest BCUT2D eigenvalue weighted by Gasteiger charge is 2.42. The second-order valence-electron chi connectivity index (χ2n) is 4.73.